The molecular weight excluding hydrogens is 176 g/mol. The molecule has 0 radical (unpaired) electrons. The minimum atomic E-state index is -1.38. The highest BCUT2D eigenvalue weighted by atomic mass is 19.2. The molecule has 0 atom stereocenters. The minimum absolute atomic E-state index is 0.360. The van der Waals surface area contributed by atoms with Gasteiger partial charge in [0.2, 0.25) is 0 Å². The first-order chi connectivity index (χ1) is 5.65. The lowest BCUT2D eigenvalue weighted by Gasteiger charge is -2.03. The Morgan fingerprint density at radius 3 is 2.33 bits per heavy atom. The van der Waals surface area contributed by atoms with Gasteiger partial charge in [-0.15, -0.1) is 4.48 Å². The number of halogens is 4. The third-order valence-electron chi connectivity index (χ3n) is 1.17. The zero-order chi connectivity index (χ0) is 9.14. The lowest BCUT2D eigenvalue weighted by atomic mass is 10.3. The van der Waals surface area contributed by atoms with Crippen molar-refractivity contribution >= 4 is 5.69 Å². The molecule has 0 heterocycles. The molecule has 0 unspecified atom stereocenters. The SMILES string of the molecule is FNNc1cc(F)cc(F)c1F. The van der Waals surface area contributed by atoms with Crippen molar-refractivity contribution in [3.8, 4) is 0 Å². The van der Waals surface area contributed by atoms with Crippen LogP contribution in [0.3, 0.4) is 0 Å². The van der Waals surface area contributed by atoms with Crippen LogP contribution in [0.5, 0.6) is 0 Å². The number of rotatable bonds is 2. The molecule has 1 aromatic carbocycles. The summed E-state index contributed by atoms with van der Waals surface area (Å²) in [5.41, 5.74) is 1.81. The van der Waals surface area contributed by atoms with Crippen LogP contribution in [0.15, 0.2) is 12.1 Å². The Morgan fingerprint density at radius 2 is 1.75 bits per heavy atom. The van der Waals surface area contributed by atoms with Crippen molar-refractivity contribution in [2.75, 3.05) is 5.43 Å². The van der Waals surface area contributed by atoms with Crippen LogP contribution in [0.2, 0.25) is 0 Å². The Labute approximate surface area is 65.1 Å². The fourth-order valence-corrected chi connectivity index (χ4v) is 0.698. The van der Waals surface area contributed by atoms with E-state index in [1.54, 1.807) is 5.43 Å². The highest BCUT2D eigenvalue weighted by Gasteiger charge is 2.09. The van der Waals surface area contributed by atoms with Crippen molar-refractivity contribution in [3.63, 3.8) is 0 Å². The summed E-state index contributed by atoms with van der Waals surface area (Å²) < 4.78 is 48.6. The molecule has 2 nitrogen and oxygen atoms in total. The van der Waals surface area contributed by atoms with Crippen LogP contribution in [-0.4, -0.2) is 0 Å². The molecule has 6 heteroatoms. The molecule has 0 aromatic heterocycles. The van der Waals surface area contributed by atoms with Gasteiger partial charge in [0.1, 0.15) is 5.82 Å². The molecule has 0 aliphatic rings. The van der Waals surface area contributed by atoms with Gasteiger partial charge in [-0.3, -0.25) is 5.43 Å². The Hall–Kier alpha value is -1.30. The van der Waals surface area contributed by atoms with E-state index in [2.05, 4.69) is 0 Å². The monoisotopic (exact) mass is 180 g/mol. The van der Waals surface area contributed by atoms with Gasteiger partial charge in [-0.1, -0.05) is 5.65 Å². The van der Waals surface area contributed by atoms with Crippen LogP contribution in [0.4, 0.5) is 23.3 Å². The third kappa shape index (κ3) is 1.65. The second-order valence-corrected chi connectivity index (χ2v) is 1.97. The molecule has 0 saturated carbocycles. The number of benzene rings is 1. The second-order valence-electron chi connectivity index (χ2n) is 1.97. The van der Waals surface area contributed by atoms with Gasteiger partial charge in [0, 0.05) is 12.1 Å². The van der Waals surface area contributed by atoms with Gasteiger partial charge in [-0.2, -0.15) is 0 Å². The second kappa shape index (κ2) is 3.40. The molecule has 0 bridgehead atoms. The van der Waals surface area contributed by atoms with E-state index in [0.717, 1.165) is 5.65 Å². The first-order valence-electron chi connectivity index (χ1n) is 2.91. The van der Waals surface area contributed by atoms with Crippen LogP contribution < -0.4 is 11.1 Å². The standard InChI is InChI=1S/C6H4F4N2/c7-3-1-4(8)6(9)5(2-3)11-12-10/h1-2,11-12H. The molecule has 1 rings (SSSR count). The van der Waals surface area contributed by atoms with E-state index in [-0.39, 0.29) is 0 Å². The van der Waals surface area contributed by atoms with E-state index in [0.29, 0.717) is 12.1 Å². The lowest BCUT2D eigenvalue weighted by Crippen LogP contribution is -2.12. The van der Waals surface area contributed by atoms with Crippen molar-refractivity contribution in [1.29, 1.82) is 0 Å². The molecule has 2 N–H and O–H groups in total. The Kier molecular flexibility index (Phi) is 2.49. The number of hydrogen-bond donors (Lipinski definition) is 2. The Balaban J connectivity index is 3.09. The van der Waals surface area contributed by atoms with E-state index in [9.17, 15) is 17.7 Å². The normalized spacial score (nSPS) is 10.0. The van der Waals surface area contributed by atoms with Gasteiger partial charge in [0.25, 0.3) is 0 Å². The van der Waals surface area contributed by atoms with Crippen molar-refractivity contribution in [2.24, 2.45) is 0 Å². The zero-order valence-corrected chi connectivity index (χ0v) is 5.67. The maximum atomic E-state index is 12.6. The number of hydrogen-bond acceptors (Lipinski definition) is 2. The molecule has 0 aliphatic carbocycles. The summed E-state index contributed by atoms with van der Waals surface area (Å²) in [6.45, 7) is 0. The van der Waals surface area contributed by atoms with Gasteiger partial charge < -0.3 is 0 Å². The predicted octanol–water partition coefficient (Wildman–Crippen LogP) is 1.90. The van der Waals surface area contributed by atoms with E-state index in [1.807, 2.05) is 0 Å². The molecule has 0 amide bonds. The topological polar surface area (TPSA) is 24.1 Å². The Morgan fingerprint density at radius 1 is 1.08 bits per heavy atom. The first-order valence-corrected chi connectivity index (χ1v) is 2.91. The average Bonchev–Trinajstić information content (AvgIpc) is 2.00. The van der Waals surface area contributed by atoms with Crippen LogP contribution in [0.1, 0.15) is 0 Å². The smallest absolute Gasteiger partial charge is 0.183 e. The van der Waals surface area contributed by atoms with Crippen LogP contribution in [0.25, 0.3) is 0 Å². The summed E-state index contributed by atoms with van der Waals surface area (Å²) in [7, 11) is 0. The molecule has 0 saturated heterocycles. The van der Waals surface area contributed by atoms with Crippen LogP contribution in [0, 0.1) is 17.5 Å². The molecule has 12 heavy (non-hydrogen) atoms. The fraction of sp³-hybridized carbons (Fsp3) is 0. The van der Waals surface area contributed by atoms with Crippen molar-refractivity contribution in [3.05, 3.63) is 29.6 Å². The first kappa shape index (κ1) is 8.79. The molecule has 0 spiro atoms. The minimum Gasteiger partial charge on any atom is -0.291 e. The molecule has 0 aliphatic heterocycles. The van der Waals surface area contributed by atoms with Crippen molar-refractivity contribution in [1.82, 2.24) is 5.65 Å². The summed E-state index contributed by atoms with van der Waals surface area (Å²) in [4.78, 5) is 0. The summed E-state index contributed by atoms with van der Waals surface area (Å²) >= 11 is 0. The average molecular weight is 180 g/mol. The van der Waals surface area contributed by atoms with Gasteiger partial charge in [-0.05, 0) is 0 Å². The zero-order valence-electron chi connectivity index (χ0n) is 5.67. The van der Waals surface area contributed by atoms with Crippen LogP contribution in [-0.2, 0) is 0 Å². The number of hydrazine groups is 1. The summed E-state index contributed by atoms with van der Waals surface area (Å²) in [5, 5.41) is 0. The van der Waals surface area contributed by atoms with Gasteiger partial charge in [0.05, 0.1) is 5.69 Å². The molecular formula is C6H4F4N2. The van der Waals surface area contributed by atoms with E-state index >= 15 is 0 Å². The maximum absolute atomic E-state index is 12.6. The number of nitrogens with one attached hydrogen (secondary N) is 2. The quantitative estimate of drug-likeness (QED) is 0.314. The molecule has 1 aromatic rings. The fourth-order valence-electron chi connectivity index (χ4n) is 0.698. The lowest BCUT2D eigenvalue weighted by molar-refractivity contribution is 0.372. The molecule has 66 valence electrons. The predicted molar refractivity (Wildman–Crippen MR) is 34.2 cm³/mol. The van der Waals surface area contributed by atoms with Crippen LogP contribution >= 0.6 is 0 Å². The van der Waals surface area contributed by atoms with E-state index in [4.69, 9.17) is 0 Å². The highest BCUT2D eigenvalue weighted by Crippen LogP contribution is 2.17. The molecule has 0 fully saturated rings. The number of anilines is 1. The van der Waals surface area contributed by atoms with E-state index < -0.39 is 23.1 Å². The van der Waals surface area contributed by atoms with Gasteiger partial charge in [-0.25, -0.2) is 13.2 Å². The third-order valence-corrected chi connectivity index (χ3v) is 1.17. The van der Waals surface area contributed by atoms with Crippen molar-refractivity contribution < 1.29 is 17.7 Å². The highest BCUT2D eigenvalue weighted by molar-refractivity contribution is 5.44. The Bertz CT molecular complexity index is 289. The summed E-state index contributed by atoms with van der Waals surface area (Å²) in [6.07, 6.45) is 0. The van der Waals surface area contributed by atoms with Gasteiger partial charge in [0.15, 0.2) is 11.6 Å². The summed E-state index contributed by atoms with van der Waals surface area (Å²) in [5.74, 6) is -3.72. The van der Waals surface area contributed by atoms with Gasteiger partial charge >= 0.3 is 0 Å². The van der Waals surface area contributed by atoms with Crippen molar-refractivity contribution in [2.45, 2.75) is 0 Å². The van der Waals surface area contributed by atoms with E-state index in [1.165, 1.54) is 0 Å². The maximum Gasteiger partial charge on any atom is 0.183 e. The summed E-state index contributed by atoms with van der Waals surface area (Å²) in [6, 6.07) is 0.976. The largest absolute Gasteiger partial charge is 0.291 e.